The van der Waals surface area contributed by atoms with Crippen LogP contribution in [0.3, 0.4) is 0 Å². The Bertz CT molecular complexity index is 677. The lowest BCUT2D eigenvalue weighted by molar-refractivity contribution is 0.140. The Morgan fingerprint density at radius 2 is 2.22 bits per heavy atom. The van der Waals surface area contributed by atoms with Gasteiger partial charge in [0.1, 0.15) is 18.5 Å². The number of aromatic nitrogens is 5. The largest absolute Gasteiger partial charge is 0.483 e. The van der Waals surface area contributed by atoms with E-state index in [9.17, 15) is 0 Å². The van der Waals surface area contributed by atoms with Crippen molar-refractivity contribution >= 4 is 0 Å². The Labute approximate surface area is 134 Å². The summed E-state index contributed by atoms with van der Waals surface area (Å²) < 4.78 is 15.0. The summed E-state index contributed by atoms with van der Waals surface area (Å²) in [5.41, 5.74) is 5.93. The molecule has 0 unspecified atom stereocenters. The van der Waals surface area contributed by atoms with E-state index < -0.39 is 0 Å². The molecule has 3 heterocycles. The highest BCUT2D eigenvalue weighted by molar-refractivity contribution is 5.14. The maximum atomic E-state index is 5.93. The van der Waals surface area contributed by atoms with Crippen LogP contribution in [0.2, 0.25) is 0 Å². The fourth-order valence-electron chi connectivity index (χ4n) is 3.02. The van der Waals surface area contributed by atoms with Gasteiger partial charge in [-0.25, -0.2) is 0 Å². The number of nitrogens with two attached hydrogens (primary N) is 1. The van der Waals surface area contributed by atoms with Crippen molar-refractivity contribution in [3.8, 4) is 5.75 Å². The zero-order chi connectivity index (χ0) is 15.8. The minimum atomic E-state index is -0.104. The van der Waals surface area contributed by atoms with E-state index in [1.165, 1.54) is 19.3 Å². The fourth-order valence-corrected chi connectivity index (χ4v) is 3.02. The summed E-state index contributed by atoms with van der Waals surface area (Å²) in [6.07, 6.45) is 7.19. The van der Waals surface area contributed by atoms with Crippen LogP contribution in [0.1, 0.15) is 36.8 Å². The third kappa shape index (κ3) is 2.84. The number of hydrogen-bond donors (Lipinski definition) is 1. The molecule has 0 bridgehead atoms. The third-order valence-corrected chi connectivity index (χ3v) is 4.74. The molecule has 0 radical (unpaired) electrons. The molecule has 0 amide bonds. The van der Waals surface area contributed by atoms with Crippen molar-refractivity contribution in [2.45, 2.75) is 43.9 Å². The van der Waals surface area contributed by atoms with Crippen molar-refractivity contribution in [2.75, 3.05) is 13.2 Å². The zero-order valence-electron chi connectivity index (χ0n) is 13.3. The van der Waals surface area contributed by atoms with Crippen LogP contribution in [0.5, 0.6) is 5.75 Å². The Hall–Kier alpha value is -1.93. The van der Waals surface area contributed by atoms with Crippen LogP contribution >= 0.6 is 0 Å². The molecule has 23 heavy (non-hydrogen) atoms. The summed E-state index contributed by atoms with van der Waals surface area (Å²) >= 11 is 0. The molecule has 2 aromatic rings. The Morgan fingerprint density at radius 1 is 1.35 bits per heavy atom. The van der Waals surface area contributed by atoms with Gasteiger partial charge in [-0.2, -0.15) is 5.10 Å². The lowest BCUT2D eigenvalue weighted by Crippen LogP contribution is -2.37. The maximum absolute atomic E-state index is 5.93. The van der Waals surface area contributed by atoms with E-state index in [4.69, 9.17) is 15.2 Å². The normalized spacial score (nSPS) is 24.8. The molecule has 2 fully saturated rings. The van der Waals surface area contributed by atoms with Crippen molar-refractivity contribution < 1.29 is 9.47 Å². The quantitative estimate of drug-likeness (QED) is 0.859. The molecule has 0 aromatic carbocycles. The second-order valence-corrected chi connectivity index (χ2v) is 6.39. The maximum Gasteiger partial charge on any atom is 0.157 e. The van der Waals surface area contributed by atoms with Crippen LogP contribution in [0.15, 0.2) is 12.4 Å². The van der Waals surface area contributed by atoms with Gasteiger partial charge in [0, 0.05) is 13.0 Å². The SMILES string of the molecule is Cn1c(Cn2cc(O[C@@H]3COC[C@@H]3N)cn2)nnc1C1CCC1. The van der Waals surface area contributed by atoms with Gasteiger partial charge in [-0.15, -0.1) is 10.2 Å². The second kappa shape index (κ2) is 5.93. The topological polar surface area (TPSA) is 93.0 Å². The van der Waals surface area contributed by atoms with Crippen LogP contribution < -0.4 is 10.5 Å². The fraction of sp³-hybridized carbons (Fsp3) is 0.667. The summed E-state index contributed by atoms with van der Waals surface area (Å²) in [4.78, 5) is 0. The Kier molecular flexibility index (Phi) is 3.78. The van der Waals surface area contributed by atoms with Crippen molar-refractivity contribution in [3.63, 3.8) is 0 Å². The first-order chi connectivity index (χ1) is 11.2. The molecule has 1 saturated carbocycles. The molecule has 0 spiro atoms. The van der Waals surface area contributed by atoms with E-state index in [0.717, 1.165) is 11.6 Å². The first kappa shape index (κ1) is 14.6. The van der Waals surface area contributed by atoms with Crippen molar-refractivity contribution in [3.05, 3.63) is 24.0 Å². The number of rotatable bonds is 5. The van der Waals surface area contributed by atoms with E-state index in [1.807, 2.05) is 17.9 Å². The standard InChI is InChI=1S/C15H22N6O2/c1-20-14(18-19-15(20)10-3-2-4-10)7-21-6-11(5-17-21)23-13-9-22-8-12(13)16/h5-6,10,12-13H,2-4,7-9,16H2,1H3/t12-,13+/m0/s1. The molecule has 4 rings (SSSR count). The van der Waals surface area contributed by atoms with Gasteiger partial charge < -0.3 is 19.8 Å². The number of hydrogen-bond acceptors (Lipinski definition) is 6. The molecule has 2 aromatic heterocycles. The van der Waals surface area contributed by atoms with E-state index in [1.54, 1.807) is 6.20 Å². The average Bonchev–Trinajstić information content (AvgIpc) is 3.17. The highest BCUT2D eigenvalue weighted by atomic mass is 16.5. The molecule has 124 valence electrons. The first-order valence-electron chi connectivity index (χ1n) is 8.11. The minimum absolute atomic E-state index is 0.0814. The van der Waals surface area contributed by atoms with Gasteiger partial charge in [-0.05, 0) is 12.8 Å². The Balaban J connectivity index is 1.42. The van der Waals surface area contributed by atoms with Crippen LogP contribution in [-0.4, -0.2) is 49.9 Å². The summed E-state index contributed by atoms with van der Waals surface area (Å²) in [5, 5.41) is 13.0. The highest BCUT2D eigenvalue weighted by Gasteiger charge is 2.27. The van der Waals surface area contributed by atoms with Crippen LogP contribution in [-0.2, 0) is 18.3 Å². The summed E-state index contributed by atoms with van der Waals surface area (Å²) in [5.74, 6) is 3.27. The molecule has 1 saturated heterocycles. The average molecular weight is 318 g/mol. The summed E-state index contributed by atoms with van der Waals surface area (Å²) in [7, 11) is 2.03. The second-order valence-electron chi connectivity index (χ2n) is 6.39. The van der Waals surface area contributed by atoms with Gasteiger partial charge in [0.2, 0.25) is 0 Å². The van der Waals surface area contributed by atoms with Crippen LogP contribution in [0, 0.1) is 0 Å². The van der Waals surface area contributed by atoms with E-state index >= 15 is 0 Å². The van der Waals surface area contributed by atoms with Crippen molar-refractivity contribution in [2.24, 2.45) is 12.8 Å². The zero-order valence-corrected chi connectivity index (χ0v) is 13.3. The van der Waals surface area contributed by atoms with Gasteiger partial charge in [0.05, 0.1) is 31.6 Å². The lowest BCUT2D eigenvalue weighted by atomic mass is 9.85. The monoisotopic (exact) mass is 318 g/mol. The predicted octanol–water partition coefficient (Wildman–Crippen LogP) is 0.432. The molecular formula is C15H22N6O2. The molecule has 8 nitrogen and oxygen atoms in total. The lowest BCUT2D eigenvalue weighted by Gasteiger charge is -2.24. The molecule has 1 aliphatic carbocycles. The van der Waals surface area contributed by atoms with Crippen LogP contribution in [0.25, 0.3) is 0 Å². The van der Waals surface area contributed by atoms with Gasteiger partial charge in [0.25, 0.3) is 0 Å². The molecule has 8 heteroatoms. The van der Waals surface area contributed by atoms with Gasteiger partial charge >= 0.3 is 0 Å². The van der Waals surface area contributed by atoms with Gasteiger partial charge in [0.15, 0.2) is 11.6 Å². The molecular weight excluding hydrogens is 296 g/mol. The molecule has 2 aliphatic rings. The predicted molar refractivity (Wildman–Crippen MR) is 82.1 cm³/mol. The smallest absolute Gasteiger partial charge is 0.157 e. The first-order valence-corrected chi connectivity index (χ1v) is 8.11. The van der Waals surface area contributed by atoms with E-state index in [0.29, 0.717) is 31.4 Å². The highest BCUT2D eigenvalue weighted by Crippen LogP contribution is 2.35. The minimum Gasteiger partial charge on any atom is -0.483 e. The summed E-state index contributed by atoms with van der Waals surface area (Å²) in [6.45, 7) is 1.65. The van der Waals surface area contributed by atoms with E-state index in [2.05, 4.69) is 19.9 Å². The van der Waals surface area contributed by atoms with Crippen molar-refractivity contribution in [1.82, 2.24) is 24.5 Å². The summed E-state index contributed by atoms with van der Waals surface area (Å²) in [6, 6.07) is -0.0814. The van der Waals surface area contributed by atoms with Crippen molar-refractivity contribution in [1.29, 1.82) is 0 Å². The van der Waals surface area contributed by atoms with Crippen LogP contribution in [0.4, 0.5) is 0 Å². The van der Waals surface area contributed by atoms with E-state index in [-0.39, 0.29) is 12.1 Å². The number of nitrogens with zero attached hydrogens (tertiary/aromatic N) is 5. The van der Waals surface area contributed by atoms with Gasteiger partial charge in [-0.3, -0.25) is 4.68 Å². The molecule has 2 N–H and O–H groups in total. The Morgan fingerprint density at radius 3 is 2.91 bits per heavy atom. The molecule has 2 atom stereocenters. The third-order valence-electron chi connectivity index (χ3n) is 4.74. The molecule has 1 aliphatic heterocycles. The van der Waals surface area contributed by atoms with Gasteiger partial charge in [-0.1, -0.05) is 6.42 Å². The number of ether oxygens (including phenoxy) is 2.